The molecule has 0 saturated heterocycles. The van der Waals surface area contributed by atoms with Crippen LogP contribution in [0.1, 0.15) is 17.2 Å². The first-order valence-electron chi connectivity index (χ1n) is 5.17. The average Bonchev–Trinajstić information content (AvgIpc) is 2.33. The molecule has 2 rings (SSSR count). The van der Waals surface area contributed by atoms with Crippen molar-refractivity contribution < 1.29 is 18.3 Å². The lowest BCUT2D eigenvalue weighted by molar-refractivity contribution is 0.214. The number of hydrogen-bond donors (Lipinski definition) is 1. The van der Waals surface area contributed by atoms with Crippen LogP contribution in [0, 0.1) is 17.5 Å². The van der Waals surface area contributed by atoms with Crippen LogP contribution in [-0.4, -0.2) is 5.11 Å². The van der Waals surface area contributed by atoms with Crippen molar-refractivity contribution in [3.8, 4) is 0 Å². The molecule has 2 aromatic rings. The quantitative estimate of drug-likeness (QED) is 0.784. The average molecular weight is 352 g/mol. The second-order valence-electron chi connectivity index (χ2n) is 3.86. The number of benzene rings is 2. The Labute approximate surface area is 120 Å². The van der Waals surface area contributed by atoms with Gasteiger partial charge in [0.15, 0.2) is 0 Å². The molecular formula is C13H7BrClF3O. The molecule has 0 radical (unpaired) electrons. The van der Waals surface area contributed by atoms with Crippen molar-refractivity contribution in [3.63, 3.8) is 0 Å². The lowest BCUT2D eigenvalue weighted by Gasteiger charge is -2.14. The number of aliphatic hydroxyl groups is 1. The van der Waals surface area contributed by atoms with Gasteiger partial charge in [0, 0.05) is 16.1 Å². The Kier molecular flexibility index (Phi) is 4.18. The molecule has 0 saturated carbocycles. The van der Waals surface area contributed by atoms with E-state index in [9.17, 15) is 18.3 Å². The Balaban J connectivity index is 2.49. The van der Waals surface area contributed by atoms with E-state index in [4.69, 9.17) is 11.6 Å². The summed E-state index contributed by atoms with van der Waals surface area (Å²) in [6.45, 7) is 0. The van der Waals surface area contributed by atoms with E-state index < -0.39 is 23.6 Å². The van der Waals surface area contributed by atoms with Gasteiger partial charge in [-0.2, -0.15) is 0 Å². The molecule has 0 fully saturated rings. The summed E-state index contributed by atoms with van der Waals surface area (Å²) in [6, 6.07) is 5.07. The zero-order valence-electron chi connectivity index (χ0n) is 9.30. The van der Waals surface area contributed by atoms with Crippen LogP contribution in [0.3, 0.4) is 0 Å². The molecule has 0 aliphatic carbocycles. The first-order valence-corrected chi connectivity index (χ1v) is 6.34. The van der Waals surface area contributed by atoms with Crippen LogP contribution in [0.2, 0.25) is 5.02 Å². The van der Waals surface area contributed by atoms with Crippen molar-refractivity contribution >= 4 is 27.5 Å². The highest BCUT2D eigenvalue weighted by atomic mass is 79.9. The molecule has 0 bridgehead atoms. The predicted octanol–water partition coefficient (Wildman–Crippen LogP) is 4.60. The van der Waals surface area contributed by atoms with Gasteiger partial charge in [0.05, 0.1) is 4.47 Å². The predicted molar refractivity (Wildman–Crippen MR) is 69.5 cm³/mol. The Morgan fingerprint density at radius 2 is 1.68 bits per heavy atom. The minimum atomic E-state index is -1.48. The third-order valence-electron chi connectivity index (χ3n) is 2.59. The molecule has 1 unspecified atom stereocenters. The maximum Gasteiger partial charge on any atom is 0.137 e. The van der Waals surface area contributed by atoms with E-state index in [1.807, 2.05) is 0 Å². The van der Waals surface area contributed by atoms with E-state index >= 15 is 0 Å². The summed E-state index contributed by atoms with van der Waals surface area (Å²) in [6.07, 6.45) is -1.48. The fourth-order valence-electron chi connectivity index (χ4n) is 1.64. The van der Waals surface area contributed by atoms with Gasteiger partial charge >= 0.3 is 0 Å². The van der Waals surface area contributed by atoms with Crippen molar-refractivity contribution in [2.45, 2.75) is 6.10 Å². The van der Waals surface area contributed by atoms with Crippen LogP contribution in [0.25, 0.3) is 0 Å². The summed E-state index contributed by atoms with van der Waals surface area (Å²) in [5, 5.41) is 9.97. The molecule has 6 heteroatoms. The second-order valence-corrected chi connectivity index (χ2v) is 5.12. The van der Waals surface area contributed by atoms with Gasteiger partial charge in [0.25, 0.3) is 0 Å². The smallest absolute Gasteiger partial charge is 0.137 e. The van der Waals surface area contributed by atoms with Gasteiger partial charge < -0.3 is 5.11 Å². The highest BCUT2D eigenvalue weighted by Gasteiger charge is 2.20. The molecule has 0 heterocycles. The fraction of sp³-hybridized carbons (Fsp3) is 0.0769. The van der Waals surface area contributed by atoms with E-state index in [0.717, 1.165) is 24.3 Å². The minimum Gasteiger partial charge on any atom is -0.383 e. The standard InChI is InChI=1S/C13H7BrClF3O/c14-9-5-11(17)8(4-12(9)18)13(19)7-2-1-6(16)3-10(7)15/h1-5,13,19H. The first kappa shape index (κ1) is 14.4. The van der Waals surface area contributed by atoms with Crippen molar-refractivity contribution in [1.29, 1.82) is 0 Å². The van der Waals surface area contributed by atoms with Crippen molar-refractivity contribution in [3.05, 3.63) is 68.4 Å². The summed E-state index contributed by atoms with van der Waals surface area (Å²) in [4.78, 5) is 0. The van der Waals surface area contributed by atoms with Crippen LogP contribution < -0.4 is 0 Å². The summed E-state index contributed by atoms with van der Waals surface area (Å²) < 4.78 is 39.9. The van der Waals surface area contributed by atoms with Gasteiger partial charge in [-0.25, -0.2) is 13.2 Å². The van der Waals surface area contributed by atoms with E-state index in [-0.39, 0.29) is 20.6 Å². The largest absolute Gasteiger partial charge is 0.383 e. The van der Waals surface area contributed by atoms with E-state index in [2.05, 4.69) is 15.9 Å². The maximum atomic E-state index is 13.7. The maximum absolute atomic E-state index is 13.7. The Morgan fingerprint density at radius 1 is 1.00 bits per heavy atom. The van der Waals surface area contributed by atoms with E-state index in [1.165, 1.54) is 6.07 Å². The van der Waals surface area contributed by atoms with Crippen LogP contribution in [0.5, 0.6) is 0 Å². The molecular weight excluding hydrogens is 344 g/mol. The van der Waals surface area contributed by atoms with Crippen LogP contribution in [0.4, 0.5) is 13.2 Å². The minimum absolute atomic E-state index is 0.0499. The van der Waals surface area contributed by atoms with Crippen molar-refractivity contribution in [2.75, 3.05) is 0 Å². The van der Waals surface area contributed by atoms with Crippen LogP contribution in [-0.2, 0) is 0 Å². The molecule has 100 valence electrons. The number of rotatable bonds is 2. The molecule has 0 aromatic heterocycles. The fourth-order valence-corrected chi connectivity index (χ4v) is 2.22. The van der Waals surface area contributed by atoms with Crippen molar-refractivity contribution in [2.24, 2.45) is 0 Å². The highest BCUT2D eigenvalue weighted by molar-refractivity contribution is 9.10. The van der Waals surface area contributed by atoms with Gasteiger partial charge in [-0.05, 0) is 40.2 Å². The van der Waals surface area contributed by atoms with Gasteiger partial charge in [0.1, 0.15) is 23.6 Å². The third-order valence-corrected chi connectivity index (χ3v) is 3.53. The SMILES string of the molecule is OC(c1cc(F)c(Br)cc1F)c1ccc(F)cc1Cl. The molecule has 0 amide bonds. The molecule has 1 N–H and O–H groups in total. The summed E-state index contributed by atoms with van der Waals surface area (Å²) in [5.41, 5.74) is -0.169. The lowest BCUT2D eigenvalue weighted by atomic mass is 10.0. The lowest BCUT2D eigenvalue weighted by Crippen LogP contribution is -2.04. The molecule has 2 aromatic carbocycles. The zero-order valence-corrected chi connectivity index (χ0v) is 11.6. The topological polar surface area (TPSA) is 20.2 Å². The van der Waals surface area contributed by atoms with E-state index in [0.29, 0.717) is 0 Å². The van der Waals surface area contributed by atoms with E-state index in [1.54, 1.807) is 0 Å². The summed E-state index contributed by atoms with van der Waals surface area (Å²) in [5.74, 6) is -2.08. The summed E-state index contributed by atoms with van der Waals surface area (Å²) in [7, 11) is 0. The molecule has 1 nitrogen and oxygen atoms in total. The number of aliphatic hydroxyl groups excluding tert-OH is 1. The number of hydrogen-bond acceptors (Lipinski definition) is 1. The molecule has 0 spiro atoms. The molecule has 0 aliphatic rings. The number of halogens is 5. The van der Waals surface area contributed by atoms with Gasteiger partial charge in [0.2, 0.25) is 0 Å². The third kappa shape index (κ3) is 2.94. The molecule has 19 heavy (non-hydrogen) atoms. The van der Waals surface area contributed by atoms with Crippen molar-refractivity contribution in [1.82, 2.24) is 0 Å². The highest BCUT2D eigenvalue weighted by Crippen LogP contribution is 2.32. The van der Waals surface area contributed by atoms with Crippen LogP contribution in [0.15, 0.2) is 34.8 Å². The Morgan fingerprint density at radius 3 is 2.32 bits per heavy atom. The summed E-state index contributed by atoms with van der Waals surface area (Å²) >= 11 is 8.61. The second kappa shape index (κ2) is 5.53. The molecule has 1 atom stereocenters. The molecule has 0 aliphatic heterocycles. The Bertz CT molecular complexity index is 634. The van der Waals surface area contributed by atoms with Gasteiger partial charge in [-0.3, -0.25) is 0 Å². The van der Waals surface area contributed by atoms with Gasteiger partial charge in [-0.15, -0.1) is 0 Å². The van der Waals surface area contributed by atoms with Crippen LogP contribution >= 0.6 is 27.5 Å². The monoisotopic (exact) mass is 350 g/mol. The normalized spacial score (nSPS) is 12.5. The first-order chi connectivity index (χ1) is 8.90. The zero-order chi connectivity index (χ0) is 14.2. The Hall–Kier alpha value is -1.04. The van der Waals surface area contributed by atoms with Gasteiger partial charge in [-0.1, -0.05) is 17.7 Å².